The van der Waals surface area contributed by atoms with Gasteiger partial charge in [-0.05, 0) is 56.9 Å². The lowest BCUT2D eigenvalue weighted by Gasteiger charge is -2.11. The molecule has 0 atom stereocenters. The standard InChI is InChI=1S/C22H17BrN4O/c23-18-10-11-21(24-14-18)26-22(28)20-5-2-1-4-19(20)17-8-6-16(7-9-17)15-27-13-3-12-25-27/h1-14H,15H2,(H,24,26,28). The first-order valence-electron chi connectivity index (χ1n) is 8.78. The van der Waals surface area contributed by atoms with Crippen LogP contribution >= 0.6 is 15.9 Å². The van der Waals surface area contributed by atoms with Crippen LogP contribution in [0.1, 0.15) is 15.9 Å². The smallest absolute Gasteiger partial charge is 0.257 e. The highest BCUT2D eigenvalue weighted by atomic mass is 79.9. The Labute approximate surface area is 171 Å². The molecule has 0 fully saturated rings. The monoisotopic (exact) mass is 432 g/mol. The minimum atomic E-state index is -0.189. The zero-order chi connectivity index (χ0) is 19.3. The first-order valence-corrected chi connectivity index (χ1v) is 9.57. The van der Waals surface area contributed by atoms with Crippen molar-refractivity contribution in [1.82, 2.24) is 14.8 Å². The molecular weight excluding hydrogens is 416 g/mol. The van der Waals surface area contributed by atoms with Crippen LogP contribution in [0.2, 0.25) is 0 Å². The van der Waals surface area contributed by atoms with Gasteiger partial charge in [-0.25, -0.2) is 4.98 Å². The average molecular weight is 433 g/mol. The molecule has 6 heteroatoms. The number of hydrogen-bond acceptors (Lipinski definition) is 3. The van der Waals surface area contributed by atoms with Crippen LogP contribution in [0.4, 0.5) is 5.82 Å². The quantitative estimate of drug-likeness (QED) is 0.482. The molecule has 0 bridgehead atoms. The Kier molecular flexibility index (Phi) is 5.30. The van der Waals surface area contributed by atoms with E-state index < -0.39 is 0 Å². The number of rotatable bonds is 5. The van der Waals surface area contributed by atoms with E-state index in [0.717, 1.165) is 21.2 Å². The van der Waals surface area contributed by atoms with E-state index in [-0.39, 0.29) is 5.91 Å². The van der Waals surface area contributed by atoms with Crippen molar-refractivity contribution in [1.29, 1.82) is 0 Å². The minimum absolute atomic E-state index is 0.189. The van der Waals surface area contributed by atoms with Crippen LogP contribution in [-0.4, -0.2) is 20.7 Å². The Morgan fingerprint density at radius 2 is 1.82 bits per heavy atom. The normalized spacial score (nSPS) is 10.6. The van der Waals surface area contributed by atoms with E-state index in [2.05, 4.69) is 43.5 Å². The van der Waals surface area contributed by atoms with Crippen LogP contribution in [-0.2, 0) is 6.54 Å². The molecule has 0 saturated carbocycles. The second-order valence-electron chi connectivity index (χ2n) is 6.26. The maximum absolute atomic E-state index is 12.8. The van der Waals surface area contributed by atoms with Gasteiger partial charge in [-0.3, -0.25) is 9.48 Å². The summed E-state index contributed by atoms with van der Waals surface area (Å²) >= 11 is 3.34. The number of halogens is 1. The minimum Gasteiger partial charge on any atom is -0.307 e. The topological polar surface area (TPSA) is 59.8 Å². The van der Waals surface area contributed by atoms with Crippen LogP contribution in [0.15, 0.2) is 89.8 Å². The molecule has 1 N–H and O–H groups in total. The molecule has 2 aromatic heterocycles. The number of hydrogen-bond donors (Lipinski definition) is 1. The number of aromatic nitrogens is 3. The molecule has 1 amide bonds. The second kappa shape index (κ2) is 8.19. The Morgan fingerprint density at radius 3 is 2.54 bits per heavy atom. The summed E-state index contributed by atoms with van der Waals surface area (Å²) in [6.45, 7) is 0.713. The van der Waals surface area contributed by atoms with Crippen molar-refractivity contribution in [2.75, 3.05) is 5.32 Å². The molecule has 0 spiro atoms. The van der Waals surface area contributed by atoms with E-state index in [1.165, 1.54) is 0 Å². The molecule has 4 rings (SSSR count). The summed E-state index contributed by atoms with van der Waals surface area (Å²) in [6.07, 6.45) is 5.35. The molecule has 2 aromatic carbocycles. The summed E-state index contributed by atoms with van der Waals surface area (Å²) in [6, 6.07) is 21.2. The zero-order valence-electron chi connectivity index (χ0n) is 14.9. The maximum atomic E-state index is 12.8. The lowest BCUT2D eigenvalue weighted by atomic mass is 9.98. The van der Waals surface area contributed by atoms with Gasteiger partial charge in [0, 0.05) is 28.6 Å². The fourth-order valence-corrected chi connectivity index (χ4v) is 3.17. The van der Waals surface area contributed by atoms with E-state index in [0.29, 0.717) is 17.9 Å². The third-order valence-corrected chi connectivity index (χ3v) is 4.78. The molecule has 0 aliphatic carbocycles. The first-order chi connectivity index (χ1) is 13.7. The Morgan fingerprint density at radius 1 is 1.00 bits per heavy atom. The SMILES string of the molecule is O=C(Nc1ccc(Br)cn1)c1ccccc1-c1ccc(Cn2cccn2)cc1. The number of nitrogens with zero attached hydrogens (tertiary/aromatic N) is 3. The number of carbonyl (C=O) groups is 1. The second-order valence-corrected chi connectivity index (χ2v) is 7.18. The summed E-state index contributed by atoms with van der Waals surface area (Å²) < 4.78 is 2.74. The number of amides is 1. The van der Waals surface area contributed by atoms with Crippen molar-refractivity contribution < 1.29 is 4.79 Å². The average Bonchev–Trinajstić information content (AvgIpc) is 3.23. The third kappa shape index (κ3) is 4.18. The van der Waals surface area contributed by atoms with Gasteiger partial charge in [0.1, 0.15) is 5.82 Å². The molecule has 138 valence electrons. The molecular formula is C22H17BrN4O. The fraction of sp³-hybridized carbons (Fsp3) is 0.0455. The van der Waals surface area contributed by atoms with Crippen molar-refractivity contribution in [2.45, 2.75) is 6.54 Å². The van der Waals surface area contributed by atoms with Gasteiger partial charge in [0.2, 0.25) is 0 Å². The highest BCUT2D eigenvalue weighted by Crippen LogP contribution is 2.25. The Balaban J connectivity index is 1.56. The Hall–Kier alpha value is -3.25. The molecule has 0 radical (unpaired) electrons. The van der Waals surface area contributed by atoms with Crippen LogP contribution in [0, 0.1) is 0 Å². The molecule has 0 unspecified atom stereocenters. The van der Waals surface area contributed by atoms with E-state index in [1.807, 2.05) is 59.4 Å². The van der Waals surface area contributed by atoms with Crippen LogP contribution in [0.25, 0.3) is 11.1 Å². The van der Waals surface area contributed by atoms with Crippen LogP contribution in [0.3, 0.4) is 0 Å². The summed E-state index contributed by atoms with van der Waals surface area (Å²) in [5, 5.41) is 7.08. The molecule has 4 aromatic rings. The van der Waals surface area contributed by atoms with Gasteiger partial charge < -0.3 is 5.32 Å². The third-order valence-electron chi connectivity index (χ3n) is 4.31. The molecule has 0 aliphatic rings. The van der Waals surface area contributed by atoms with Crippen LogP contribution in [0.5, 0.6) is 0 Å². The number of anilines is 1. The predicted molar refractivity (Wildman–Crippen MR) is 113 cm³/mol. The molecule has 28 heavy (non-hydrogen) atoms. The summed E-state index contributed by atoms with van der Waals surface area (Å²) in [4.78, 5) is 17.0. The predicted octanol–water partition coefficient (Wildman–Crippen LogP) is 5.01. The number of benzene rings is 2. The van der Waals surface area contributed by atoms with Crippen molar-refractivity contribution >= 4 is 27.7 Å². The molecule has 0 saturated heterocycles. The number of pyridine rings is 1. The van der Waals surface area contributed by atoms with Crippen molar-refractivity contribution in [3.05, 3.63) is 101 Å². The molecule has 0 aliphatic heterocycles. The van der Waals surface area contributed by atoms with Crippen molar-refractivity contribution in [2.24, 2.45) is 0 Å². The Bertz CT molecular complexity index is 1070. The van der Waals surface area contributed by atoms with Crippen molar-refractivity contribution in [3.63, 3.8) is 0 Å². The summed E-state index contributed by atoms with van der Waals surface area (Å²) in [7, 11) is 0. The van der Waals surface area contributed by atoms with Gasteiger partial charge in [-0.1, -0.05) is 42.5 Å². The summed E-state index contributed by atoms with van der Waals surface area (Å²) in [5.74, 6) is 0.323. The zero-order valence-corrected chi connectivity index (χ0v) is 16.5. The first kappa shape index (κ1) is 18.1. The fourth-order valence-electron chi connectivity index (χ4n) is 2.94. The van der Waals surface area contributed by atoms with Gasteiger partial charge in [0.05, 0.1) is 6.54 Å². The van der Waals surface area contributed by atoms with Crippen molar-refractivity contribution in [3.8, 4) is 11.1 Å². The number of nitrogens with one attached hydrogen (secondary N) is 1. The van der Waals surface area contributed by atoms with Crippen LogP contribution < -0.4 is 5.32 Å². The largest absolute Gasteiger partial charge is 0.307 e. The molecule has 2 heterocycles. The van der Waals surface area contributed by atoms with E-state index >= 15 is 0 Å². The highest BCUT2D eigenvalue weighted by Gasteiger charge is 2.13. The maximum Gasteiger partial charge on any atom is 0.257 e. The van der Waals surface area contributed by atoms with Gasteiger partial charge in [0.15, 0.2) is 0 Å². The van der Waals surface area contributed by atoms with E-state index in [9.17, 15) is 4.79 Å². The van der Waals surface area contributed by atoms with E-state index in [1.54, 1.807) is 18.5 Å². The van der Waals surface area contributed by atoms with E-state index in [4.69, 9.17) is 0 Å². The lowest BCUT2D eigenvalue weighted by Crippen LogP contribution is -2.14. The lowest BCUT2D eigenvalue weighted by molar-refractivity contribution is 0.102. The molecule has 5 nitrogen and oxygen atoms in total. The van der Waals surface area contributed by atoms with Gasteiger partial charge >= 0.3 is 0 Å². The summed E-state index contributed by atoms with van der Waals surface area (Å²) in [5.41, 5.74) is 3.61. The van der Waals surface area contributed by atoms with Gasteiger partial charge in [0.25, 0.3) is 5.91 Å². The van der Waals surface area contributed by atoms with Gasteiger partial charge in [-0.15, -0.1) is 0 Å². The highest BCUT2D eigenvalue weighted by molar-refractivity contribution is 9.10. The number of carbonyl (C=O) groups excluding carboxylic acids is 1. The van der Waals surface area contributed by atoms with Gasteiger partial charge in [-0.2, -0.15) is 5.10 Å².